The number of ether oxygens (including phenoxy) is 2. The van der Waals surface area contributed by atoms with Crippen LogP contribution in [0.15, 0.2) is 60.7 Å². The van der Waals surface area contributed by atoms with Crippen LogP contribution in [-0.2, 0) is 12.8 Å². The number of benzene rings is 2. The smallest absolute Gasteiger partial charge is 0.380 e. The van der Waals surface area contributed by atoms with E-state index in [0.717, 1.165) is 22.7 Å². The van der Waals surface area contributed by atoms with Gasteiger partial charge in [0.05, 0.1) is 25.4 Å². The van der Waals surface area contributed by atoms with Gasteiger partial charge < -0.3 is 9.47 Å². The molecule has 2 aromatic carbocycles. The number of methoxy groups -OCH3 is 2. The van der Waals surface area contributed by atoms with Crippen LogP contribution in [0, 0.1) is 0 Å². The summed E-state index contributed by atoms with van der Waals surface area (Å²) in [5.74, 6) is -14.7. The number of thiophene rings is 2. The summed E-state index contributed by atoms with van der Waals surface area (Å²) < 4.78 is 103. The van der Waals surface area contributed by atoms with Gasteiger partial charge in [-0.15, -0.1) is 22.7 Å². The third-order valence-corrected chi connectivity index (χ3v) is 9.74. The summed E-state index contributed by atoms with van der Waals surface area (Å²) in [6.45, 7) is 3.36. The van der Waals surface area contributed by atoms with Crippen molar-refractivity contribution in [1.82, 2.24) is 0 Å². The number of hydrogen-bond donors (Lipinski definition) is 0. The lowest BCUT2D eigenvalue weighted by molar-refractivity contribution is -0.254. The highest BCUT2D eigenvalue weighted by atomic mass is 32.1. The third kappa shape index (κ3) is 4.55. The van der Waals surface area contributed by atoms with Gasteiger partial charge in [0.15, 0.2) is 0 Å². The zero-order valence-electron chi connectivity index (χ0n) is 22.6. The first kappa shape index (κ1) is 29.3. The molecule has 2 nitrogen and oxygen atoms in total. The fourth-order valence-corrected chi connectivity index (χ4v) is 7.62. The van der Waals surface area contributed by atoms with Crippen molar-refractivity contribution in [1.29, 1.82) is 0 Å². The summed E-state index contributed by atoms with van der Waals surface area (Å²) in [4.78, 5) is 0.497. The van der Waals surface area contributed by atoms with E-state index in [1.807, 2.05) is 0 Å². The monoisotopic (exact) mass is 608 g/mol. The fourth-order valence-electron chi connectivity index (χ4n) is 4.94. The SMILES string of the molecule is CCc1cc(-c2ccc(OC)cc2)sc1C1=C(c2sc(-c3ccc(OC)cc3)cc2CC)C(F)(F)C(F)(F)C1(F)F. The first-order valence-electron chi connectivity index (χ1n) is 12.8. The highest BCUT2D eigenvalue weighted by molar-refractivity contribution is 7.18. The number of rotatable bonds is 8. The molecule has 1 aliphatic rings. The largest absolute Gasteiger partial charge is 0.497 e. The van der Waals surface area contributed by atoms with Crippen LogP contribution in [0.3, 0.4) is 0 Å². The number of alkyl halides is 6. The molecule has 0 unspecified atom stereocenters. The molecule has 0 atom stereocenters. The molecule has 0 spiro atoms. The highest BCUT2D eigenvalue weighted by Gasteiger charge is 2.80. The second-order valence-corrected chi connectivity index (χ2v) is 11.7. The Kier molecular flexibility index (Phi) is 7.53. The highest BCUT2D eigenvalue weighted by Crippen LogP contribution is 2.67. The molecular weight excluding hydrogens is 582 g/mol. The average molecular weight is 609 g/mol. The van der Waals surface area contributed by atoms with Gasteiger partial charge in [-0.2, -0.15) is 26.3 Å². The van der Waals surface area contributed by atoms with E-state index >= 15 is 26.3 Å². The second kappa shape index (κ2) is 10.5. The normalized spacial score (nSPS) is 17.2. The summed E-state index contributed by atoms with van der Waals surface area (Å²) in [7, 11) is 3.00. The minimum Gasteiger partial charge on any atom is -0.497 e. The molecule has 0 radical (unpaired) electrons. The Balaban J connectivity index is 1.76. The molecule has 41 heavy (non-hydrogen) atoms. The van der Waals surface area contributed by atoms with E-state index in [0.29, 0.717) is 43.5 Å². The predicted molar refractivity (Wildman–Crippen MR) is 153 cm³/mol. The molecule has 0 bridgehead atoms. The molecule has 5 rings (SSSR count). The van der Waals surface area contributed by atoms with Crippen molar-refractivity contribution in [2.45, 2.75) is 44.5 Å². The van der Waals surface area contributed by atoms with Gasteiger partial charge in [0.1, 0.15) is 11.5 Å². The van der Waals surface area contributed by atoms with Crippen LogP contribution in [0.5, 0.6) is 11.5 Å². The van der Waals surface area contributed by atoms with Gasteiger partial charge in [-0.25, -0.2) is 0 Å². The fraction of sp³-hybridized carbons (Fsp3) is 0.290. The zero-order valence-corrected chi connectivity index (χ0v) is 24.2. The molecule has 0 saturated carbocycles. The molecule has 1 aliphatic carbocycles. The van der Waals surface area contributed by atoms with Crippen LogP contribution >= 0.6 is 22.7 Å². The number of hydrogen-bond acceptors (Lipinski definition) is 4. The standard InChI is InChI=1S/C31H26F6O2S2/c1-5-17-15-23(19-7-11-21(38-3)12-8-19)40-27(17)25-26(30(34,35)31(36,37)29(25,32)33)28-18(6-2)16-24(41-28)20-9-13-22(39-4)14-10-20/h7-16H,5-6H2,1-4H3. The maximum absolute atomic E-state index is 15.7. The topological polar surface area (TPSA) is 18.5 Å². The molecule has 2 aromatic heterocycles. The Morgan fingerprint density at radius 2 is 0.927 bits per heavy atom. The third-order valence-electron chi connectivity index (χ3n) is 7.25. The second-order valence-electron chi connectivity index (χ2n) is 9.57. The quantitative estimate of drug-likeness (QED) is 0.185. The lowest BCUT2D eigenvalue weighted by Crippen LogP contribution is -2.48. The Morgan fingerprint density at radius 1 is 0.585 bits per heavy atom. The molecule has 2 heterocycles. The van der Waals surface area contributed by atoms with Crippen molar-refractivity contribution in [3.05, 3.63) is 81.5 Å². The van der Waals surface area contributed by atoms with Gasteiger partial charge in [0.2, 0.25) is 0 Å². The van der Waals surface area contributed by atoms with Gasteiger partial charge in [-0.1, -0.05) is 13.8 Å². The number of allylic oxidation sites excluding steroid dienone is 2. The van der Waals surface area contributed by atoms with Crippen LogP contribution in [0.25, 0.3) is 32.0 Å². The lowest BCUT2D eigenvalue weighted by atomic mass is 9.98. The van der Waals surface area contributed by atoms with Crippen molar-refractivity contribution >= 4 is 33.8 Å². The van der Waals surface area contributed by atoms with E-state index in [2.05, 4.69) is 0 Å². The molecule has 10 heteroatoms. The molecule has 0 saturated heterocycles. The van der Waals surface area contributed by atoms with E-state index < -0.39 is 28.9 Å². The Bertz CT molecular complexity index is 1480. The summed E-state index contributed by atoms with van der Waals surface area (Å²) in [6, 6.07) is 16.7. The van der Waals surface area contributed by atoms with Gasteiger partial charge in [-0.3, -0.25) is 0 Å². The van der Waals surface area contributed by atoms with Gasteiger partial charge >= 0.3 is 17.8 Å². The number of halogens is 6. The van der Waals surface area contributed by atoms with Gasteiger partial charge in [0, 0.05) is 19.5 Å². The van der Waals surface area contributed by atoms with Crippen molar-refractivity contribution in [2.75, 3.05) is 14.2 Å². The van der Waals surface area contributed by atoms with E-state index in [-0.39, 0.29) is 22.6 Å². The predicted octanol–water partition coefficient (Wildman–Crippen LogP) is 10.1. The number of aryl methyl sites for hydroxylation is 2. The first-order chi connectivity index (χ1) is 19.4. The Labute approximate surface area is 241 Å². The Hall–Kier alpha value is -3.24. The van der Waals surface area contributed by atoms with Crippen LogP contribution in [0.2, 0.25) is 0 Å². The van der Waals surface area contributed by atoms with Crippen molar-refractivity contribution in [2.24, 2.45) is 0 Å². The summed E-state index contributed by atoms with van der Waals surface area (Å²) >= 11 is 1.63. The molecule has 0 aliphatic heterocycles. The lowest BCUT2D eigenvalue weighted by Gasteiger charge is -2.25. The van der Waals surface area contributed by atoms with Gasteiger partial charge in [-0.05, 0) is 95.8 Å². The summed E-state index contributed by atoms with van der Waals surface area (Å²) in [6.07, 6.45) is 0.377. The van der Waals surface area contributed by atoms with Crippen LogP contribution in [0.4, 0.5) is 26.3 Å². The van der Waals surface area contributed by atoms with Crippen molar-refractivity contribution in [3.8, 4) is 32.4 Å². The minimum atomic E-state index is -5.62. The summed E-state index contributed by atoms with van der Waals surface area (Å²) in [5.41, 5.74) is -0.742. The van der Waals surface area contributed by atoms with Crippen molar-refractivity contribution < 1.29 is 35.8 Å². The van der Waals surface area contributed by atoms with E-state index in [1.54, 1.807) is 74.5 Å². The summed E-state index contributed by atoms with van der Waals surface area (Å²) in [5, 5.41) is 0. The first-order valence-corrected chi connectivity index (χ1v) is 14.5. The maximum Gasteiger partial charge on any atom is 0.380 e. The van der Waals surface area contributed by atoms with E-state index in [1.165, 1.54) is 14.2 Å². The van der Waals surface area contributed by atoms with Crippen molar-refractivity contribution in [3.63, 3.8) is 0 Å². The molecular formula is C31H26F6O2S2. The van der Waals surface area contributed by atoms with Gasteiger partial charge in [0.25, 0.3) is 0 Å². The Morgan fingerprint density at radius 3 is 1.22 bits per heavy atom. The zero-order chi connectivity index (χ0) is 29.7. The molecule has 4 aromatic rings. The van der Waals surface area contributed by atoms with E-state index in [4.69, 9.17) is 9.47 Å². The minimum absolute atomic E-state index is 0.189. The molecule has 216 valence electrons. The molecule has 0 N–H and O–H groups in total. The van der Waals surface area contributed by atoms with Crippen LogP contribution in [0.1, 0.15) is 34.7 Å². The van der Waals surface area contributed by atoms with Crippen LogP contribution < -0.4 is 9.47 Å². The van der Waals surface area contributed by atoms with Crippen LogP contribution in [-0.4, -0.2) is 32.0 Å². The van der Waals surface area contributed by atoms with E-state index in [9.17, 15) is 0 Å². The average Bonchev–Trinajstić information content (AvgIpc) is 3.61. The molecule has 0 fully saturated rings. The maximum atomic E-state index is 15.7. The molecule has 0 amide bonds.